The minimum absolute atomic E-state index is 0.177. The molecule has 0 bridgehead atoms. The van der Waals surface area contributed by atoms with E-state index >= 15 is 0 Å². The number of hydrogen-bond acceptors (Lipinski definition) is 3. The zero-order chi connectivity index (χ0) is 15.4. The van der Waals surface area contributed by atoms with Gasteiger partial charge >= 0.3 is 5.97 Å². The smallest absolute Gasteiger partial charge is 0.305 e. The summed E-state index contributed by atoms with van der Waals surface area (Å²) in [4.78, 5) is 23.2. The summed E-state index contributed by atoms with van der Waals surface area (Å²) in [7, 11) is 0. The lowest BCUT2D eigenvalue weighted by molar-refractivity contribution is -0.137. The third kappa shape index (κ3) is 3.72. The molecule has 0 radical (unpaired) electrons. The van der Waals surface area contributed by atoms with E-state index in [0.29, 0.717) is 5.76 Å². The quantitative estimate of drug-likeness (QED) is 0.886. The fourth-order valence-corrected chi connectivity index (χ4v) is 2.18. The molecule has 5 heteroatoms. The van der Waals surface area contributed by atoms with E-state index in [2.05, 4.69) is 5.32 Å². The van der Waals surface area contributed by atoms with E-state index < -0.39 is 17.9 Å². The molecule has 5 nitrogen and oxygen atoms in total. The fraction of sp³-hybridized carbons (Fsp3) is 0.250. The Kier molecular flexibility index (Phi) is 4.42. The Labute approximate surface area is 122 Å². The SMILES string of the molecule is Cc1ccc(C(=O)NC(CC(=O)O)c2ccccc2C)o1. The Morgan fingerprint density at radius 2 is 1.90 bits per heavy atom. The maximum absolute atomic E-state index is 12.1. The number of aliphatic carboxylic acids is 1. The highest BCUT2D eigenvalue weighted by Gasteiger charge is 2.21. The summed E-state index contributed by atoms with van der Waals surface area (Å²) in [6.45, 7) is 3.63. The monoisotopic (exact) mass is 287 g/mol. The van der Waals surface area contributed by atoms with Crippen LogP contribution in [-0.2, 0) is 4.79 Å². The van der Waals surface area contributed by atoms with Crippen LogP contribution in [0.2, 0.25) is 0 Å². The van der Waals surface area contributed by atoms with Crippen molar-refractivity contribution in [2.24, 2.45) is 0 Å². The van der Waals surface area contributed by atoms with E-state index in [1.165, 1.54) is 0 Å². The van der Waals surface area contributed by atoms with Crippen molar-refractivity contribution >= 4 is 11.9 Å². The van der Waals surface area contributed by atoms with Gasteiger partial charge in [0, 0.05) is 0 Å². The number of carboxylic acids is 1. The predicted octanol–water partition coefficient (Wildman–Crippen LogP) is 2.84. The normalized spacial score (nSPS) is 11.9. The molecular weight excluding hydrogens is 270 g/mol. The van der Waals surface area contributed by atoms with Crippen LogP contribution in [-0.4, -0.2) is 17.0 Å². The van der Waals surface area contributed by atoms with Crippen molar-refractivity contribution in [3.63, 3.8) is 0 Å². The fourth-order valence-electron chi connectivity index (χ4n) is 2.18. The number of carbonyl (C=O) groups is 2. The summed E-state index contributed by atoms with van der Waals surface area (Å²) in [5.74, 6) is -0.584. The standard InChI is InChI=1S/C16H17NO4/c1-10-5-3-4-6-12(10)13(9-15(18)19)17-16(20)14-8-7-11(2)21-14/h3-8,13H,9H2,1-2H3,(H,17,20)(H,18,19). The molecule has 0 saturated heterocycles. The predicted molar refractivity (Wildman–Crippen MR) is 77.1 cm³/mol. The van der Waals surface area contributed by atoms with E-state index in [4.69, 9.17) is 9.52 Å². The van der Waals surface area contributed by atoms with Gasteiger partial charge in [-0.15, -0.1) is 0 Å². The van der Waals surface area contributed by atoms with Gasteiger partial charge in [0.25, 0.3) is 5.91 Å². The molecule has 1 aromatic heterocycles. The summed E-state index contributed by atoms with van der Waals surface area (Å²) in [5.41, 5.74) is 1.72. The van der Waals surface area contributed by atoms with Crippen LogP contribution in [0, 0.1) is 13.8 Å². The van der Waals surface area contributed by atoms with Gasteiger partial charge in [-0.1, -0.05) is 24.3 Å². The van der Waals surface area contributed by atoms with E-state index in [9.17, 15) is 9.59 Å². The molecule has 0 aliphatic heterocycles. The Balaban J connectivity index is 2.23. The molecule has 1 aromatic carbocycles. The molecule has 1 atom stereocenters. The average molecular weight is 287 g/mol. The molecule has 0 aliphatic rings. The molecule has 1 amide bonds. The lowest BCUT2D eigenvalue weighted by Crippen LogP contribution is -2.30. The number of carbonyl (C=O) groups excluding carboxylic acids is 1. The lowest BCUT2D eigenvalue weighted by Gasteiger charge is -2.18. The molecule has 2 rings (SSSR count). The zero-order valence-electron chi connectivity index (χ0n) is 11.9. The average Bonchev–Trinajstić information content (AvgIpc) is 2.85. The molecule has 110 valence electrons. The number of amides is 1. The second-order valence-electron chi connectivity index (χ2n) is 4.89. The molecule has 2 aromatic rings. The molecule has 1 heterocycles. The van der Waals surface area contributed by atoms with Gasteiger partial charge in [0.15, 0.2) is 5.76 Å². The van der Waals surface area contributed by atoms with Crippen molar-refractivity contribution in [3.05, 3.63) is 59.0 Å². The molecule has 0 fully saturated rings. The van der Waals surface area contributed by atoms with E-state index in [1.54, 1.807) is 19.1 Å². The first-order valence-electron chi connectivity index (χ1n) is 6.62. The molecule has 2 N–H and O–H groups in total. The number of furan rings is 1. The second kappa shape index (κ2) is 6.26. The van der Waals surface area contributed by atoms with Gasteiger partial charge in [0.1, 0.15) is 5.76 Å². The van der Waals surface area contributed by atoms with Gasteiger partial charge in [0.2, 0.25) is 0 Å². The van der Waals surface area contributed by atoms with Crippen LogP contribution in [0.3, 0.4) is 0 Å². The Morgan fingerprint density at radius 1 is 1.19 bits per heavy atom. The van der Waals surface area contributed by atoms with Gasteiger partial charge in [-0.05, 0) is 37.1 Å². The number of aryl methyl sites for hydroxylation is 2. The third-order valence-electron chi connectivity index (χ3n) is 3.21. The summed E-state index contributed by atoms with van der Waals surface area (Å²) in [6, 6.07) is 10.1. The van der Waals surface area contributed by atoms with Crippen LogP contribution < -0.4 is 5.32 Å². The minimum atomic E-state index is -0.973. The summed E-state index contributed by atoms with van der Waals surface area (Å²) in [6.07, 6.45) is -0.184. The largest absolute Gasteiger partial charge is 0.481 e. The first-order chi connectivity index (χ1) is 9.97. The first-order valence-corrected chi connectivity index (χ1v) is 6.62. The van der Waals surface area contributed by atoms with Gasteiger partial charge in [-0.25, -0.2) is 0 Å². The van der Waals surface area contributed by atoms with E-state index in [1.807, 2.05) is 31.2 Å². The maximum Gasteiger partial charge on any atom is 0.305 e. The number of hydrogen-bond donors (Lipinski definition) is 2. The number of nitrogens with one attached hydrogen (secondary N) is 1. The molecule has 21 heavy (non-hydrogen) atoms. The summed E-state index contributed by atoms with van der Waals surface area (Å²) in [5, 5.41) is 11.8. The highest BCUT2D eigenvalue weighted by atomic mass is 16.4. The number of benzene rings is 1. The van der Waals surface area contributed by atoms with Crippen LogP contribution >= 0.6 is 0 Å². The Hall–Kier alpha value is -2.56. The lowest BCUT2D eigenvalue weighted by atomic mass is 9.98. The van der Waals surface area contributed by atoms with Gasteiger partial charge < -0.3 is 14.8 Å². The summed E-state index contributed by atoms with van der Waals surface area (Å²) < 4.78 is 5.26. The van der Waals surface area contributed by atoms with Crippen LogP contribution in [0.25, 0.3) is 0 Å². The minimum Gasteiger partial charge on any atom is -0.481 e. The zero-order valence-corrected chi connectivity index (χ0v) is 11.9. The van der Waals surface area contributed by atoms with Crippen molar-refractivity contribution in [2.45, 2.75) is 26.3 Å². The van der Waals surface area contributed by atoms with Crippen LogP contribution in [0.4, 0.5) is 0 Å². The van der Waals surface area contributed by atoms with Crippen LogP contribution in [0.1, 0.15) is 39.9 Å². The molecule has 0 spiro atoms. The van der Waals surface area contributed by atoms with Gasteiger partial charge in [-0.3, -0.25) is 9.59 Å². The third-order valence-corrected chi connectivity index (χ3v) is 3.21. The highest BCUT2D eigenvalue weighted by Crippen LogP contribution is 2.21. The van der Waals surface area contributed by atoms with Crippen LogP contribution in [0.5, 0.6) is 0 Å². The van der Waals surface area contributed by atoms with E-state index in [-0.39, 0.29) is 12.2 Å². The second-order valence-corrected chi connectivity index (χ2v) is 4.89. The van der Waals surface area contributed by atoms with Gasteiger partial charge in [0.05, 0.1) is 12.5 Å². The number of rotatable bonds is 5. The first kappa shape index (κ1) is 14.8. The van der Waals surface area contributed by atoms with Crippen molar-refractivity contribution in [1.29, 1.82) is 0 Å². The van der Waals surface area contributed by atoms with Crippen molar-refractivity contribution < 1.29 is 19.1 Å². The topological polar surface area (TPSA) is 79.5 Å². The Morgan fingerprint density at radius 3 is 2.48 bits per heavy atom. The van der Waals surface area contributed by atoms with Crippen molar-refractivity contribution in [2.75, 3.05) is 0 Å². The molecule has 0 saturated carbocycles. The maximum atomic E-state index is 12.1. The van der Waals surface area contributed by atoms with Gasteiger partial charge in [-0.2, -0.15) is 0 Å². The van der Waals surface area contributed by atoms with Crippen LogP contribution in [0.15, 0.2) is 40.8 Å². The summed E-state index contributed by atoms with van der Waals surface area (Å²) >= 11 is 0. The van der Waals surface area contributed by atoms with Crippen molar-refractivity contribution in [1.82, 2.24) is 5.32 Å². The Bertz CT molecular complexity index is 660. The van der Waals surface area contributed by atoms with Crippen molar-refractivity contribution in [3.8, 4) is 0 Å². The molecule has 1 unspecified atom stereocenters. The molecule has 0 aliphatic carbocycles. The highest BCUT2D eigenvalue weighted by molar-refractivity contribution is 5.92. The van der Waals surface area contributed by atoms with E-state index in [0.717, 1.165) is 11.1 Å². The molecular formula is C16H17NO4. The number of carboxylic acid groups (broad SMARTS) is 1.